The topological polar surface area (TPSA) is 74.6 Å². The maximum atomic E-state index is 11.3. The highest BCUT2D eigenvalue weighted by molar-refractivity contribution is 6.05. The maximum Gasteiger partial charge on any atom is 0.335 e. The molecule has 0 aromatic heterocycles. The summed E-state index contributed by atoms with van der Waals surface area (Å²) in [6, 6.07) is 14.5. The zero-order valence-electron chi connectivity index (χ0n) is 12.3. The Morgan fingerprint density at radius 1 is 0.957 bits per heavy atom. The number of carboxylic acid groups (broad SMARTS) is 2. The van der Waals surface area contributed by atoms with Gasteiger partial charge in [-0.1, -0.05) is 30.3 Å². The molecular weight excluding hydrogens is 292 g/mol. The van der Waals surface area contributed by atoms with Crippen molar-refractivity contribution >= 4 is 33.5 Å². The second kappa shape index (κ2) is 5.72. The Balaban J connectivity index is 2.38. The van der Waals surface area contributed by atoms with Gasteiger partial charge in [-0.3, -0.25) is 4.79 Å². The molecule has 0 saturated heterocycles. The number of carbonyl (C=O) groups is 2. The van der Waals surface area contributed by atoms with Gasteiger partial charge in [0.2, 0.25) is 0 Å². The SMILES string of the molecule is [CH2]C(CC(=O)O)c1c2ccccc2cc2ccc(C(=O)O)cc12. The Morgan fingerprint density at radius 3 is 2.35 bits per heavy atom. The van der Waals surface area contributed by atoms with Gasteiger partial charge in [-0.2, -0.15) is 0 Å². The van der Waals surface area contributed by atoms with E-state index in [4.69, 9.17) is 5.11 Å². The fourth-order valence-electron chi connectivity index (χ4n) is 2.98. The van der Waals surface area contributed by atoms with E-state index in [9.17, 15) is 14.7 Å². The van der Waals surface area contributed by atoms with Crippen molar-refractivity contribution in [3.63, 3.8) is 0 Å². The molecule has 0 aliphatic carbocycles. The quantitative estimate of drug-likeness (QED) is 0.712. The molecular formula is C19H15O4. The van der Waals surface area contributed by atoms with Crippen LogP contribution in [-0.2, 0) is 4.79 Å². The van der Waals surface area contributed by atoms with Crippen LogP contribution < -0.4 is 0 Å². The Hall–Kier alpha value is -2.88. The van der Waals surface area contributed by atoms with Gasteiger partial charge in [0.05, 0.1) is 12.0 Å². The minimum Gasteiger partial charge on any atom is -0.481 e. The number of hydrogen-bond acceptors (Lipinski definition) is 2. The van der Waals surface area contributed by atoms with Crippen molar-refractivity contribution in [2.45, 2.75) is 12.3 Å². The molecule has 1 atom stereocenters. The van der Waals surface area contributed by atoms with E-state index < -0.39 is 17.9 Å². The first kappa shape index (κ1) is 15.0. The van der Waals surface area contributed by atoms with Crippen LogP contribution in [0.15, 0.2) is 48.5 Å². The summed E-state index contributed by atoms with van der Waals surface area (Å²) in [6.07, 6.45) is -0.111. The molecule has 4 heteroatoms. The Bertz CT molecular complexity index is 927. The van der Waals surface area contributed by atoms with Crippen LogP contribution in [0.25, 0.3) is 21.5 Å². The first-order valence-electron chi connectivity index (χ1n) is 7.21. The van der Waals surface area contributed by atoms with E-state index in [2.05, 4.69) is 6.92 Å². The molecule has 0 saturated carbocycles. The summed E-state index contributed by atoms with van der Waals surface area (Å²) in [5, 5.41) is 21.8. The number of rotatable bonds is 4. The second-order valence-corrected chi connectivity index (χ2v) is 5.55. The number of fused-ring (bicyclic) bond motifs is 2. The van der Waals surface area contributed by atoms with Gasteiger partial charge in [0.25, 0.3) is 0 Å². The van der Waals surface area contributed by atoms with Crippen molar-refractivity contribution in [1.82, 2.24) is 0 Å². The normalized spacial score (nSPS) is 12.4. The summed E-state index contributed by atoms with van der Waals surface area (Å²) in [4.78, 5) is 22.4. The van der Waals surface area contributed by atoms with Crippen LogP contribution in [0.5, 0.6) is 0 Å². The van der Waals surface area contributed by atoms with Gasteiger partial charge >= 0.3 is 11.9 Å². The molecule has 1 radical (unpaired) electrons. The molecule has 2 N–H and O–H groups in total. The zero-order chi connectivity index (χ0) is 16.6. The number of hydrogen-bond donors (Lipinski definition) is 2. The van der Waals surface area contributed by atoms with Gasteiger partial charge in [-0.25, -0.2) is 4.79 Å². The number of carboxylic acids is 2. The lowest BCUT2D eigenvalue weighted by Crippen LogP contribution is -2.05. The maximum absolute atomic E-state index is 11.3. The molecule has 3 rings (SSSR count). The highest BCUT2D eigenvalue weighted by atomic mass is 16.4. The predicted molar refractivity (Wildman–Crippen MR) is 88.8 cm³/mol. The van der Waals surface area contributed by atoms with Crippen LogP contribution in [-0.4, -0.2) is 22.2 Å². The zero-order valence-corrected chi connectivity index (χ0v) is 12.3. The van der Waals surface area contributed by atoms with Crippen molar-refractivity contribution in [1.29, 1.82) is 0 Å². The average molecular weight is 307 g/mol. The summed E-state index contributed by atoms with van der Waals surface area (Å²) >= 11 is 0. The largest absolute Gasteiger partial charge is 0.481 e. The lowest BCUT2D eigenvalue weighted by Gasteiger charge is -2.17. The summed E-state index contributed by atoms with van der Waals surface area (Å²) in [7, 11) is 0. The molecule has 1 unspecified atom stereocenters. The van der Waals surface area contributed by atoms with Gasteiger partial charge in [0, 0.05) is 0 Å². The van der Waals surface area contributed by atoms with Crippen LogP contribution in [0.1, 0.15) is 28.3 Å². The second-order valence-electron chi connectivity index (χ2n) is 5.55. The molecule has 3 aromatic rings. The summed E-state index contributed by atoms with van der Waals surface area (Å²) in [5.41, 5.74) is 0.958. The minimum absolute atomic E-state index is 0.111. The van der Waals surface area contributed by atoms with Crippen molar-refractivity contribution in [3.8, 4) is 0 Å². The molecule has 0 spiro atoms. The van der Waals surface area contributed by atoms with E-state index in [0.717, 1.165) is 27.1 Å². The molecule has 0 bridgehead atoms. The molecule has 0 aliphatic heterocycles. The van der Waals surface area contributed by atoms with Crippen LogP contribution >= 0.6 is 0 Å². The van der Waals surface area contributed by atoms with Crippen molar-refractivity contribution in [2.75, 3.05) is 0 Å². The van der Waals surface area contributed by atoms with Crippen LogP contribution in [0.2, 0.25) is 0 Å². The van der Waals surface area contributed by atoms with Crippen LogP contribution in [0, 0.1) is 6.92 Å². The monoisotopic (exact) mass is 307 g/mol. The fourth-order valence-corrected chi connectivity index (χ4v) is 2.98. The van der Waals surface area contributed by atoms with Crippen molar-refractivity contribution < 1.29 is 19.8 Å². The first-order valence-corrected chi connectivity index (χ1v) is 7.21. The number of benzene rings is 3. The van der Waals surface area contributed by atoms with Crippen molar-refractivity contribution in [3.05, 3.63) is 66.6 Å². The standard InChI is InChI=1S/C19H15O4/c1-11(8-17(20)21)18-15-5-3-2-4-12(15)9-13-6-7-14(19(22)23)10-16(13)18/h2-7,9-11H,1,8H2,(H,20,21)(H,22,23). The first-order chi connectivity index (χ1) is 11.0. The fraction of sp³-hybridized carbons (Fsp3) is 0.105. The summed E-state index contributed by atoms with van der Waals surface area (Å²) < 4.78 is 0. The molecule has 0 heterocycles. The van der Waals surface area contributed by atoms with Gasteiger partial charge in [0.1, 0.15) is 0 Å². The molecule has 3 aromatic carbocycles. The molecule has 115 valence electrons. The van der Waals surface area contributed by atoms with Gasteiger partial charge in [-0.15, -0.1) is 0 Å². The van der Waals surface area contributed by atoms with Gasteiger partial charge < -0.3 is 10.2 Å². The Labute approximate surface area is 133 Å². The third-order valence-electron chi connectivity index (χ3n) is 3.98. The lowest BCUT2D eigenvalue weighted by atomic mass is 9.87. The van der Waals surface area contributed by atoms with Gasteiger partial charge in [-0.05, 0) is 58.1 Å². The number of aliphatic carboxylic acids is 1. The summed E-state index contributed by atoms with van der Waals surface area (Å²) in [5.74, 6) is -2.41. The van der Waals surface area contributed by atoms with E-state index in [1.54, 1.807) is 18.2 Å². The molecule has 0 aliphatic rings. The van der Waals surface area contributed by atoms with Crippen molar-refractivity contribution in [2.24, 2.45) is 0 Å². The molecule has 0 amide bonds. The van der Waals surface area contributed by atoms with Crippen LogP contribution in [0.3, 0.4) is 0 Å². The summed E-state index contributed by atoms with van der Waals surface area (Å²) in [6.45, 7) is 3.99. The lowest BCUT2D eigenvalue weighted by molar-refractivity contribution is -0.137. The molecule has 4 nitrogen and oxygen atoms in total. The highest BCUT2D eigenvalue weighted by Gasteiger charge is 2.18. The van der Waals surface area contributed by atoms with E-state index in [0.29, 0.717) is 0 Å². The Morgan fingerprint density at radius 2 is 1.65 bits per heavy atom. The third kappa shape index (κ3) is 2.75. The third-order valence-corrected chi connectivity index (χ3v) is 3.98. The van der Waals surface area contributed by atoms with Crippen LogP contribution in [0.4, 0.5) is 0 Å². The van der Waals surface area contributed by atoms with Gasteiger partial charge in [0.15, 0.2) is 0 Å². The number of aromatic carboxylic acids is 1. The van der Waals surface area contributed by atoms with E-state index >= 15 is 0 Å². The Kier molecular flexibility index (Phi) is 3.74. The van der Waals surface area contributed by atoms with E-state index in [-0.39, 0.29) is 12.0 Å². The molecule has 23 heavy (non-hydrogen) atoms. The predicted octanol–water partition coefficient (Wildman–Crippen LogP) is 4.08. The highest BCUT2D eigenvalue weighted by Crippen LogP contribution is 2.35. The molecule has 0 fully saturated rings. The smallest absolute Gasteiger partial charge is 0.335 e. The van der Waals surface area contributed by atoms with E-state index in [1.807, 2.05) is 30.3 Å². The average Bonchev–Trinajstić information content (AvgIpc) is 2.51. The van der Waals surface area contributed by atoms with E-state index in [1.165, 1.54) is 0 Å². The minimum atomic E-state index is -1.01.